The van der Waals surface area contributed by atoms with Gasteiger partial charge in [-0.25, -0.2) is 9.66 Å². The summed E-state index contributed by atoms with van der Waals surface area (Å²) in [7, 11) is 0. The summed E-state index contributed by atoms with van der Waals surface area (Å²) < 4.78 is 1.18. The number of aryl methyl sites for hydroxylation is 1. The first kappa shape index (κ1) is 19.2. The summed E-state index contributed by atoms with van der Waals surface area (Å²) in [5.74, 6) is -0.272. The van der Waals surface area contributed by atoms with E-state index in [2.05, 4.69) is 10.4 Å². The van der Waals surface area contributed by atoms with E-state index in [4.69, 9.17) is 0 Å². The quantitative estimate of drug-likeness (QED) is 0.445. The molecule has 3 aromatic carbocycles. The lowest BCUT2D eigenvalue weighted by molar-refractivity contribution is -0.116. The molecule has 0 unspecified atom stereocenters. The molecule has 6 heteroatoms. The summed E-state index contributed by atoms with van der Waals surface area (Å²) >= 11 is 1.48. The molecule has 0 aliphatic carbocycles. The van der Waals surface area contributed by atoms with E-state index in [1.54, 1.807) is 0 Å². The number of hydrogen-bond donors (Lipinski definition) is 1. The molecule has 31 heavy (non-hydrogen) atoms. The van der Waals surface area contributed by atoms with Crippen molar-refractivity contribution in [2.75, 3.05) is 5.43 Å². The number of hydrogen-bond acceptors (Lipinski definition) is 4. The normalized spacial score (nSPS) is 11.1. The van der Waals surface area contributed by atoms with Crippen LogP contribution in [0.15, 0.2) is 83.9 Å². The molecule has 2 heterocycles. The molecule has 0 aliphatic rings. The van der Waals surface area contributed by atoms with Gasteiger partial charge >= 0.3 is 0 Å². The van der Waals surface area contributed by atoms with Gasteiger partial charge in [0.15, 0.2) is 0 Å². The van der Waals surface area contributed by atoms with Gasteiger partial charge in [0, 0.05) is 10.4 Å². The first-order valence-electron chi connectivity index (χ1n) is 9.94. The zero-order valence-corrected chi connectivity index (χ0v) is 17.6. The lowest BCUT2D eigenvalue weighted by atomic mass is 10.0. The van der Waals surface area contributed by atoms with Gasteiger partial charge in [-0.2, -0.15) is 0 Å². The third kappa shape index (κ3) is 3.62. The number of aromatic nitrogens is 2. The summed E-state index contributed by atoms with van der Waals surface area (Å²) in [6.07, 6.45) is 1.55. The van der Waals surface area contributed by atoms with Crippen molar-refractivity contribution in [1.82, 2.24) is 9.66 Å². The lowest BCUT2D eigenvalue weighted by Crippen LogP contribution is -2.34. The Kier molecular flexibility index (Phi) is 4.84. The number of nitrogens with one attached hydrogen (secondary N) is 1. The highest BCUT2D eigenvalue weighted by Gasteiger charge is 2.17. The third-order valence-electron chi connectivity index (χ3n) is 5.27. The maximum Gasteiger partial charge on any atom is 0.281 e. The van der Waals surface area contributed by atoms with Crippen LogP contribution in [0, 0.1) is 6.92 Å². The molecule has 0 atom stereocenters. The molecule has 5 rings (SSSR count). The van der Waals surface area contributed by atoms with Crippen molar-refractivity contribution < 1.29 is 4.79 Å². The molecule has 5 aromatic rings. The van der Waals surface area contributed by atoms with Gasteiger partial charge in [-0.1, -0.05) is 72.8 Å². The smallest absolute Gasteiger partial charge is 0.273 e. The van der Waals surface area contributed by atoms with Gasteiger partial charge in [-0.05, 0) is 28.8 Å². The Balaban J connectivity index is 1.46. The Morgan fingerprint density at radius 1 is 1.00 bits per heavy atom. The van der Waals surface area contributed by atoms with Gasteiger partial charge in [0.2, 0.25) is 5.91 Å². The maximum atomic E-state index is 13.2. The largest absolute Gasteiger partial charge is 0.281 e. The van der Waals surface area contributed by atoms with Crippen molar-refractivity contribution in [3.8, 4) is 11.1 Å². The number of carbonyl (C=O) groups excluding carboxylic acids is 1. The first-order chi connectivity index (χ1) is 15.1. The van der Waals surface area contributed by atoms with E-state index in [0.717, 1.165) is 32.3 Å². The molecule has 0 aliphatic heterocycles. The minimum absolute atomic E-state index is 0.170. The Labute approximate surface area is 182 Å². The molecule has 152 valence electrons. The molecule has 0 saturated carbocycles. The molecule has 0 bridgehead atoms. The number of fused-ring (bicyclic) bond motifs is 2. The van der Waals surface area contributed by atoms with Gasteiger partial charge in [-0.15, -0.1) is 11.3 Å². The fourth-order valence-electron chi connectivity index (χ4n) is 3.84. The molecule has 1 amide bonds. The van der Waals surface area contributed by atoms with Gasteiger partial charge in [0.05, 0.1) is 11.8 Å². The van der Waals surface area contributed by atoms with Gasteiger partial charge in [0.1, 0.15) is 11.2 Å². The van der Waals surface area contributed by atoms with Crippen LogP contribution >= 0.6 is 11.3 Å². The zero-order chi connectivity index (χ0) is 21.4. The fourth-order valence-corrected chi connectivity index (χ4v) is 4.85. The average Bonchev–Trinajstić information content (AvgIpc) is 3.13. The molecular formula is C25H19N3O2S. The van der Waals surface area contributed by atoms with Crippen molar-refractivity contribution in [3.63, 3.8) is 0 Å². The van der Waals surface area contributed by atoms with Crippen LogP contribution in [0.3, 0.4) is 0 Å². The van der Waals surface area contributed by atoms with Crippen LogP contribution in [0.2, 0.25) is 0 Å². The third-order valence-corrected chi connectivity index (χ3v) is 6.29. The van der Waals surface area contributed by atoms with E-state index in [1.165, 1.54) is 22.3 Å². The standard InChI is InChI=1S/C25H19N3O2S/c1-16-22(19-8-3-2-4-9-19)23-24(31-16)26-15-28(25(23)30)27-21(29)14-17-11-12-18-7-5-6-10-20(18)13-17/h2-13,15H,14H2,1H3,(H,27,29). The second kappa shape index (κ2) is 7.81. The highest BCUT2D eigenvalue weighted by molar-refractivity contribution is 7.19. The van der Waals surface area contributed by atoms with Crippen LogP contribution in [0.4, 0.5) is 0 Å². The Morgan fingerprint density at radius 2 is 1.74 bits per heavy atom. The van der Waals surface area contributed by atoms with E-state index >= 15 is 0 Å². The number of rotatable bonds is 4. The van der Waals surface area contributed by atoms with Crippen molar-refractivity contribution >= 4 is 38.2 Å². The van der Waals surface area contributed by atoms with Crippen LogP contribution < -0.4 is 11.0 Å². The van der Waals surface area contributed by atoms with E-state index in [1.807, 2.05) is 79.7 Å². The first-order valence-corrected chi connectivity index (χ1v) is 10.8. The average molecular weight is 426 g/mol. The Morgan fingerprint density at radius 3 is 2.55 bits per heavy atom. The summed E-state index contributed by atoms with van der Waals surface area (Å²) in [5.41, 5.74) is 5.14. The summed E-state index contributed by atoms with van der Waals surface area (Å²) in [4.78, 5) is 32.0. The Hall–Kier alpha value is -3.77. The topological polar surface area (TPSA) is 64.0 Å². The van der Waals surface area contributed by atoms with Crippen LogP contribution in [-0.2, 0) is 11.2 Å². The van der Waals surface area contributed by atoms with Gasteiger partial charge in [0.25, 0.3) is 5.56 Å². The number of nitrogens with zero attached hydrogens (tertiary/aromatic N) is 2. The highest BCUT2D eigenvalue weighted by Crippen LogP contribution is 2.35. The van der Waals surface area contributed by atoms with Crippen molar-refractivity contribution in [2.24, 2.45) is 0 Å². The molecular weight excluding hydrogens is 406 g/mol. The molecule has 0 spiro atoms. The van der Waals surface area contributed by atoms with Gasteiger partial charge in [-0.3, -0.25) is 15.0 Å². The maximum absolute atomic E-state index is 13.2. The minimum Gasteiger partial charge on any atom is -0.273 e. The molecule has 2 aromatic heterocycles. The summed E-state index contributed by atoms with van der Waals surface area (Å²) in [5, 5.41) is 2.73. The highest BCUT2D eigenvalue weighted by atomic mass is 32.1. The molecule has 0 saturated heterocycles. The molecule has 0 radical (unpaired) electrons. The number of carbonyl (C=O) groups is 1. The predicted molar refractivity (Wildman–Crippen MR) is 126 cm³/mol. The van der Waals surface area contributed by atoms with Crippen molar-refractivity contribution in [1.29, 1.82) is 0 Å². The van der Waals surface area contributed by atoms with E-state index in [9.17, 15) is 9.59 Å². The minimum atomic E-state index is -0.278. The summed E-state index contributed by atoms with van der Waals surface area (Å²) in [6.45, 7) is 1.98. The van der Waals surface area contributed by atoms with E-state index in [-0.39, 0.29) is 17.9 Å². The molecule has 1 N–H and O–H groups in total. The predicted octanol–water partition coefficient (Wildman–Crippen LogP) is 4.90. The van der Waals surface area contributed by atoms with Crippen LogP contribution in [0.1, 0.15) is 10.4 Å². The zero-order valence-electron chi connectivity index (χ0n) is 16.8. The number of thiophene rings is 1. The summed E-state index contributed by atoms with van der Waals surface area (Å²) in [6, 6.07) is 23.7. The monoisotopic (exact) mass is 425 g/mol. The van der Waals surface area contributed by atoms with Crippen LogP contribution in [0.5, 0.6) is 0 Å². The van der Waals surface area contributed by atoms with Gasteiger partial charge < -0.3 is 0 Å². The van der Waals surface area contributed by atoms with Crippen LogP contribution in [-0.4, -0.2) is 15.6 Å². The number of benzene rings is 3. The fraction of sp³-hybridized carbons (Fsp3) is 0.0800. The number of amides is 1. The molecule has 0 fully saturated rings. The second-order valence-corrected chi connectivity index (χ2v) is 8.60. The van der Waals surface area contributed by atoms with Crippen molar-refractivity contribution in [3.05, 3.63) is 99.9 Å². The van der Waals surface area contributed by atoms with E-state index in [0.29, 0.717) is 10.2 Å². The van der Waals surface area contributed by atoms with Crippen LogP contribution in [0.25, 0.3) is 32.1 Å². The van der Waals surface area contributed by atoms with Crippen molar-refractivity contribution in [2.45, 2.75) is 13.3 Å². The molecule has 5 nitrogen and oxygen atoms in total. The lowest BCUT2D eigenvalue weighted by Gasteiger charge is -2.09. The SMILES string of the molecule is Cc1sc2ncn(NC(=O)Cc3ccc4ccccc4c3)c(=O)c2c1-c1ccccc1. The van der Waals surface area contributed by atoms with E-state index < -0.39 is 0 Å². The Bertz CT molecular complexity index is 1490. The second-order valence-electron chi connectivity index (χ2n) is 7.39.